The summed E-state index contributed by atoms with van der Waals surface area (Å²) in [6.07, 6.45) is 0. The highest BCUT2D eigenvalue weighted by Gasteiger charge is 2.36. The molecule has 0 unspecified atom stereocenters. The van der Waals surface area contributed by atoms with Gasteiger partial charge in [-0.05, 0) is 99.8 Å². The van der Waals surface area contributed by atoms with Crippen molar-refractivity contribution in [1.29, 1.82) is 0 Å². The van der Waals surface area contributed by atoms with E-state index in [0.29, 0.717) is 0 Å². The van der Waals surface area contributed by atoms with Gasteiger partial charge in [0.2, 0.25) is 0 Å². The van der Waals surface area contributed by atoms with Crippen molar-refractivity contribution in [1.82, 2.24) is 8.97 Å². The summed E-state index contributed by atoms with van der Waals surface area (Å²) < 4.78 is 5.04. The molecule has 1 aliphatic carbocycles. The van der Waals surface area contributed by atoms with E-state index in [1.165, 1.54) is 92.9 Å². The molecule has 0 N–H and O–H groups in total. The largest absolute Gasteiger partial charge is 0.310 e. The van der Waals surface area contributed by atoms with Crippen molar-refractivity contribution in [2.24, 2.45) is 0 Å². The fourth-order valence-electron chi connectivity index (χ4n) is 10.7. The van der Waals surface area contributed by atoms with Crippen LogP contribution >= 0.6 is 0 Å². The van der Waals surface area contributed by atoms with Gasteiger partial charge in [0.05, 0.1) is 27.6 Å². The standard InChI is InChI=1S/C55H37N3/c1-55(2)46-20-10-8-17-40(46)41-30-28-38(33-47(41)55)56(35-14-4-3-5-15-35)36-24-26-37(27-25-36)57-49-22-12-19-43-42-18-9-11-21-48(42)58-53-39-16-7-6-13-34(39)23-29-44(53)45-31-32-50(57)52(51(43)49)54(45)58/h3-33H,1-2H3. The van der Waals surface area contributed by atoms with Crippen LogP contribution in [0.25, 0.3) is 87.5 Å². The molecule has 0 amide bonds. The summed E-state index contributed by atoms with van der Waals surface area (Å²) in [5.74, 6) is 0. The molecule has 0 fully saturated rings. The van der Waals surface area contributed by atoms with Crippen LogP contribution < -0.4 is 4.90 Å². The van der Waals surface area contributed by atoms with Crippen molar-refractivity contribution in [3.8, 4) is 16.8 Å². The summed E-state index contributed by atoms with van der Waals surface area (Å²) in [7, 11) is 0. The highest BCUT2D eigenvalue weighted by Crippen LogP contribution is 2.51. The minimum atomic E-state index is -0.0865. The Kier molecular flexibility index (Phi) is 6.23. The van der Waals surface area contributed by atoms with Crippen LogP contribution in [0.15, 0.2) is 188 Å². The van der Waals surface area contributed by atoms with Crippen LogP contribution in [0.1, 0.15) is 25.0 Å². The second kappa shape index (κ2) is 11.4. The Morgan fingerprint density at radius 3 is 1.91 bits per heavy atom. The number of anilines is 3. The van der Waals surface area contributed by atoms with Crippen molar-refractivity contribution < 1.29 is 0 Å². The van der Waals surface area contributed by atoms with Gasteiger partial charge in [0.15, 0.2) is 0 Å². The van der Waals surface area contributed by atoms with Crippen molar-refractivity contribution in [3.05, 3.63) is 199 Å². The molecule has 0 bridgehead atoms. The first kappa shape index (κ1) is 31.8. The highest BCUT2D eigenvalue weighted by atomic mass is 15.1. The minimum Gasteiger partial charge on any atom is -0.310 e. The van der Waals surface area contributed by atoms with Crippen LogP contribution in [-0.4, -0.2) is 8.97 Å². The van der Waals surface area contributed by atoms with E-state index >= 15 is 0 Å². The van der Waals surface area contributed by atoms with Crippen molar-refractivity contribution in [2.45, 2.75) is 19.3 Å². The third kappa shape index (κ3) is 4.07. The van der Waals surface area contributed by atoms with Gasteiger partial charge in [0.1, 0.15) is 0 Å². The number of rotatable bonds is 4. The Bertz CT molecular complexity index is 3640. The molecular formula is C55H37N3. The normalized spacial score (nSPS) is 13.5. The maximum absolute atomic E-state index is 2.56. The molecule has 1 aliphatic rings. The number of hydrogen-bond acceptors (Lipinski definition) is 1. The molecule has 0 aliphatic heterocycles. The SMILES string of the molecule is CC1(C)c2ccccc2-c2ccc(N(c3ccccc3)c3ccc(-n4c5cccc6c7ccccc7n7c8c9ccccc9ccc8c8ccc4c(c65)c87)cc3)cc21. The highest BCUT2D eigenvalue weighted by molar-refractivity contribution is 6.34. The third-order valence-corrected chi connectivity index (χ3v) is 13.2. The first-order valence-corrected chi connectivity index (χ1v) is 20.3. The van der Waals surface area contributed by atoms with E-state index in [2.05, 4.69) is 216 Å². The molecule has 0 spiro atoms. The van der Waals surface area contributed by atoms with Crippen LogP contribution in [0.3, 0.4) is 0 Å². The average molecular weight is 740 g/mol. The zero-order chi connectivity index (χ0) is 38.3. The first-order chi connectivity index (χ1) is 28.6. The lowest BCUT2D eigenvalue weighted by atomic mass is 9.82. The number of benzene rings is 9. The van der Waals surface area contributed by atoms with Gasteiger partial charge in [-0.25, -0.2) is 0 Å². The van der Waals surface area contributed by atoms with Gasteiger partial charge in [-0.1, -0.05) is 135 Å². The Hall–Kier alpha value is -7.36. The molecular weight excluding hydrogens is 703 g/mol. The molecule has 9 aromatic carbocycles. The monoisotopic (exact) mass is 739 g/mol. The van der Waals surface area contributed by atoms with Crippen LogP contribution in [0.5, 0.6) is 0 Å². The van der Waals surface area contributed by atoms with E-state index in [-0.39, 0.29) is 5.41 Å². The second-order valence-corrected chi connectivity index (χ2v) is 16.5. The fraction of sp³-hybridized carbons (Fsp3) is 0.0545. The molecule has 3 heteroatoms. The Labute approximate surface area is 335 Å². The molecule has 3 aromatic heterocycles. The molecule has 12 aromatic rings. The van der Waals surface area contributed by atoms with Gasteiger partial charge in [0, 0.05) is 60.5 Å². The zero-order valence-electron chi connectivity index (χ0n) is 32.2. The molecule has 3 nitrogen and oxygen atoms in total. The van der Waals surface area contributed by atoms with E-state index in [1.54, 1.807) is 0 Å². The average Bonchev–Trinajstić information content (AvgIpc) is 3.84. The smallest absolute Gasteiger partial charge is 0.0642 e. The van der Waals surface area contributed by atoms with E-state index in [4.69, 9.17) is 0 Å². The third-order valence-electron chi connectivity index (χ3n) is 13.2. The molecule has 0 atom stereocenters. The van der Waals surface area contributed by atoms with Gasteiger partial charge in [-0.15, -0.1) is 0 Å². The number of fused-ring (bicyclic) bond motifs is 11. The Morgan fingerprint density at radius 1 is 0.397 bits per heavy atom. The Balaban J connectivity index is 1.05. The van der Waals surface area contributed by atoms with Gasteiger partial charge in [-0.2, -0.15) is 0 Å². The van der Waals surface area contributed by atoms with E-state index < -0.39 is 0 Å². The topological polar surface area (TPSA) is 12.6 Å². The maximum Gasteiger partial charge on any atom is 0.0642 e. The number of aromatic nitrogens is 2. The maximum atomic E-state index is 2.56. The summed E-state index contributed by atoms with van der Waals surface area (Å²) >= 11 is 0. The number of hydrogen-bond donors (Lipinski definition) is 0. The first-order valence-electron chi connectivity index (χ1n) is 20.3. The molecule has 0 radical (unpaired) electrons. The van der Waals surface area contributed by atoms with E-state index in [0.717, 1.165) is 22.7 Å². The number of para-hydroxylation sites is 2. The second-order valence-electron chi connectivity index (χ2n) is 16.5. The molecule has 0 saturated heterocycles. The summed E-state index contributed by atoms with van der Waals surface area (Å²) in [5.41, 5.74) is 16.1. The van der Waals surface area contributed by atoms with Crippen LogP contribution in [0.2, 0.25) is 0 Å². The lowest BCUT2D eigenvalue weighted by molar-refractivity contribution is 0.660. The van der Waals surface area contributed by atoms with E-state index in [1.807, 2.05) is 0 Å². The predicted octanol–water partition coefficient (Wildman–Crippen LogP) is 14.9. The molecule has 0 saturated carbocycles. The van der Waals surface area contributed by atoms with Crippen LogP contribution in [0.4, 0.5) is 17.1 Å². The number of nitrogens with zero attached hydrogens (tertiary/aromatic N) is 3. The van der Waals surface area contributed by atoms with E-state index in [9.17, 15) is 0 Å². The fourth-order valence-corrected chi connectivity index (χ4v) is 10.7. The zero-order valence-corrected chi connectivity index (χ0v) is 32.2. The van der Waals surface area contributed by atoms with Crippen molar-refractivity contribution in [2.75, 3.05) is 4.90 Å². The molecule has 272 valence electrons. The van der Waals surface area contributed by atoms with Crippen LogP contribution in [0, 0.1) is 0 Å². The summed E-state index contributed by atoms with van der Waals surface area (Å²) in [6, 6.07) is 69.8. The summed E-state index contributed by atoms with van der Waals surface area (Å²) in [5, 5.41) is 10.2. The van der Waals surface area contributed by atoms with Gasteiger partial charge >= 0.3 is 0 Å². The lowest BCUT2D eigenvalue weighted by Gasteiger charge is -2.28. The molecule has 13 rings (SSSR count). The van der Waals surface area contributed by atoms with Crippen molar-refractivity contribution >= 4 is 87.7 Å². The van der Waals surface area contributed by atoms with Crippen LogP contribution in [-0.2, 0) is 5.41 Å². The summed E-state index contributed by atoms with van der Waals surface area (Å²) in [4.78, 5) is 2.40. The molecule has 3 heterocycles. The van der Waals surface area contributed by atoms with Gasteiger partial charge in [0.25, 0.3) is 0 Å². The molecule has 58 heavy (non-hydrogen) atoms. The lowest BCUT2D eigenvalue weighted by Crippen LogP contribution is -2.16. The van der Waals surface area contributed by atoms with Crippen molar-refractivity contribution in [3.63, 3.8) is 0 Å². The van der Waals surface area contributed by atoms with Gasteiger partial charge < -0.3 is 13.9 Å². The predicted molar refractivity (Wildman–Crippen MR) is 245 cm³/mol. The Morgan fingerprint density at radius 2 is 1.03 bits per heavy atom. The van der Waals surface area contributed by atoms with Gasteiger partial charge in [-0.3, -0.25) is 0 Å². The minimum absolute atomic E-state index is 0.0865. The quantitative estimate of drug-likeness (QED) is 0.175. The summed E-state index contributed by atoms with van der Waals surface area (Å²) in [6.45, 7) is 4.71.